The van der Waals surface area contributed by atoms with Crippen molar-refractivity contribution in [2.24, 2.45) is 11.8 Å². The number of rotatable bonds is 17. The van der Waals surface area contributed by atoms with E-state index in [1.165, 1.54) is 71.1 Å². The molecule has 4 N–H and O–H groups in total. The number of fused-ring (bicyclic) bond motifs is 3. The lowest BCUT2D eigenvalue weighted by atomic mass is 9.74. The van der Waals surface area contributed by atoms with Crippen LogP contribution in [-0.4, -0.2) is 283 Å². The van der Waals surface area contributed by atoms with Gasteiger partial charge in [0.15, 0.2) is 0 Å². The van der Waals surface area contributed by atoms with Gasteiger partial charge in [0, 0.05) is 89.1 Å². The minimum Gasteiger partial charge on any atom is -0.383 e. The van der Waals surface area contributed by atoms with Crippen molar-refractivity contribution in [1.29, 1.82) is 0 Å². The summed E-state index contributed by atoms with van der Waals surface area (Å²) in [7, 11) is 10.7. The fourth-order valence-corrected chi connectivity index (χ4v) is 14.7. The third kappa shape index (κ3) is 21.8. The molecule has 12 atom stereocenters. The van der Waals surface area contributed by atoms with Gasteiger partial charge in [-0.1, -0.05) is 78.2 Å². The van der Waals surface area contributed by atoms with Crippen LogP contribution in [0, 0.1) is 23.5 Å². The lowest BCUT2D eigenvalue weighted by Crippen LogP contribution is -2.68. The SMILES string of the molecule is CCO[C@@H]1C[C@H]2C(=O)NC3(CCC3)C(=O)N(C)[C@@H](C(CC)CC)C(=O)N(C)[C@H](C(=O)N(C)CCOC)CC(=O)N(C)[C@@H](CC)C(=O)N[C@@H]([C@@H](C)CC)C(=O)N(C)CC(=O)N(C)[C@H]3C/C=C\CCN(C3O)[C@@H](Cc3ccc(C(F)(F)F)cc3)C(=O)N(C)CC(=O)N[C@@H](CCc3cc(F)c(C(F)(F)F)c(F)c3)C(=O)N2C1. The average Bonchev–Trinajstić information content (AvgIpc) is 1.58. The number of carbonyl (C=O) groups excluding carboxylic acids is 11. The van der Waals surface area contributed by atoms with Gasteiger partial charge in [-0.05, 0) is 112 Å². The Morgan fingerprint density at radius 3 is 1.90 bits per heavy atom. The quantitative estimate of drug-likeness (QED) is 0.118. The van der Waals surface area contributed by atoms with Crippen LogP contribution in [0.2, 0.25) is 0 Å². The Balaban J connectivity index is 1.52. The van der Waals surface area contributed by atoms with Gasteiger partial charge in [0.25, 0.3) is 0 Å². The number of aliphatic hydroxyl groups excluding tert-OH is 1. The number of ether oxygens (including phenoxy) is 2. The Morgan fingerprint density at radius 2 is 1.35 bits per heavy atom. The molecule has 4 aliphatic rings. The van der Waals surface area contributed by atoms with E-state index in [2.05, 4.69) is 16.0 Å². The zero-order valence-electron chi connectivity index (χ0n) is 64.7. The lowest BCUT2D eigenvalue weighted by Gasteiger charge is -2.47. The van der Waals surface area contributed by atoms with Crippen molar-refractivity contribution in [3.05, 3.63) is 82.4 Å². The molecule has 11 amide bonds. The third-order valence-electron chi connectivity index (χ3n) is 21.8. The maximum absolute atomic E-state index is 15.6. The summed E-state index contributed by atoms with van der Waals surface area (Å²) in [4.78, 5) is 176. The molecule has 2 bridgehead atoms. The van der Waals surface area contributed by atoms with Crippen LogP contribution in [0.25, 0.3) is 0 Å². The molecule has 0 radical (unpaired) electrons. The fraction of sp³-hybridized carbons (Fsp3) is 0.667. The molecule has 1 aliphatic carbocycles. The van der Waals surface area contributed by atoms with E-state index < -0.39 is 222 Å². The first kappa shape index (κ1) is 89.5. The van der Waals surface area contributed by atoms with Gasteiger partial charge in [-0.15, -0.1) is 0 Å². The van der Waals surface area contributed by atoms with Gasteiger partial charge < -0.3 is 69.7 Å². The molecule has 2 saturated heterocycles. The Kier molecular flexibility index (Phi) is 32.0. The predicted molar refractivity (Wildman–Crippen MR) is 383 cm³/mol. The van der Waals surface area contributed by atoms with E-state index in [1.54, 1.807) is 53.7 Å². The number of carbonyl (C=O) groups is 11. The summed E-state index contributed by atoms with van der Waals surface area (Å²) in [6, 6.07) is -7.10. The molecule has 0 aromatic heterocycles. The molecule has 34 heteroatoms. The largest absolute Gasteiger partial charge is 0.422 e. The average molecular weight is 1550 g/mol. The smallest absolute Gasteiger partial charge is 0.383 e. The topological polar surface area (TPSA) is 292 Å². The molecule has 1 saturated carbocycles. The number of likely N-dealkylation sites (N-methyl/N-ethyl adjacent to an activating group) is 7. The van der Waals surface area contributed by atoms with Crippen LogP contribution in [0.4, 0.5) is 35.1 Å². The van der Waals surface area contributed by atoms with Crippen LogP contribution in [0.3, 0.4) is 0 Å². The van der Waals surface area contributed by atoms with E-state index in [1.807, 2.05) is 0 Å². The van der Waals surface area contributed by atoms with Crippen LogP contribution in [0.1, 0.15) is 141 Å². The van der Waals surface area contributed by atoms with Crippen LogP contribution in [-0.2, 0) is 87.4 Å². The van der Waals surface area contributed by atoms with Crippen molar-refractivity contribution >= 4 is 65.0 Å². The van der Waals surface area contributed by atoms with E-state index in [0.29, 0.717) is 37.8 Å². The van der Waals surface area contributed by atoms with Crippen LogP contribution < -0.4 is 16.0 Å². The summed E-state index contributed by atoms with van der Waals surface area (Å²) in [6.07, 6.45) is -10.8. The van der Waals surface area contributed by atoms with E-state index >= 15 is 32.8 Å². The van der Waals surface area contributed by atoms with Gasteiger partial charge in [-0.3, -0.25) is 57.6 Å². The van der Waals surface area contributed by atoms with Crippen molar-refractivity contribution in [2.45, 2.75) is 210 Å². The molecule has 6 rings (SSSR count). The minimum atomic E-state index is -5.46. The van der Waals surface area contributed by atoms with Crippen molar-refractivity contribution in [1.82, 2.24) is 60.0 Å². The molecular weight excluding hydrogens is 1440 g/mol. The predicted octanol–water partition coefficient (Wildman–Crippen LogP) is 5.16. The number of halogens is 8. The highest BCUT2D eigenvalue weighted by Crippen LogP contribution is 2.38. The van der Waals surface area contributed by atoms with Crippen molar-refractivity contribution in [3.63, 3.8) is 0 Å². The molecule has 608 valence electrons. The normalized spacial score (nSPS) is 26.4. The first-order valence-corrected chi connectivity index (χ1v) is 37.1. The summed E-state index contributed by atoms with van der Waals surface area (Å²) in [5.74, 6) is -14.5. The zero-order chi connectivity index (χ0) is 81.5. The molecule has 2 unspecified atom stereocenters. The summed E-state index contributed by atoms with van der Waals surface area (Å²) in [5, 5.41) is 20.9. The number of nitrogens with one attached hydrogen (secondary N) is 3. The Bertz CT molecular complexity index is 3560. The second-order valence-corrected chi connectivity index (χ2v) is 29.0. The maximum atomic E-state index is 15.6. The van der Waals surface area contributed by atoms with Gasteiger partial charge in [-0.2, -0.15) is 26.3 Å². The van der Waals surface area contributed by atoms with E-state index in [4.69, 9.17) is 9.47 Å². The Hall–Kier alpha value is -8.37. The standard InChI is InChI=1S/C75H108F8N12O14/c1-15-44(6)62-70(105)89(9)43-60(98)91(11)54-24-21-20-22-33-94(69(54)104)57(38-45-25-28-48(29-26-45)74(78,79)80)68(103)88(8)42-58(96)84-52(30-27-46-36-50(76)61(51(77)37-46)75(81,82)83)66(101)95-41-49(109-19-5)39-55(95)65(100)86-73(31-23-32-73)72(107)93(13)63(47(16-2)17-3)71(106)92(12)56(67(102)87(7)34-35-108-14)40-59(97)90(10)53(18-4)64(99)85-62/h20-21,25-26,28-29,36-37,44,47,49,52-57,62-63,69,104H,15-19,22-24,27,30-35,38-43H2,1-14H3,(H,84,96)(H,85,99)(H,86,100)/b21-20-/t44-,49+,52-,53-,54-,55-,56-,57-,62-,63-,69?/m0/s1. The number of nitrogens with zero attached hydrogens (tertiary/aromatic N) is 9. The van der Waals surface area contributed by atoms with Crippen LogP contribution >= 0.6 is 0 Å². The van der Waals surface area contributed by atoms with Gasteiger partial charge in [0.2, 0.25) is 65.0 Å². The third-order valence-corrected chi connectivity index (χ3v) is 21.8. The Labute approximate surface area is 631 Å². The number of amides is 11. The molecule has 3 heterocycles. The van der Waals surface area contributed by atoms with Crippen LogP contribution in [0.5, 0.6) is 0 Å². The first-order valence-electron chi connectivity index (χ1n) is 37.1. The van der Waals surface area contributed by atoms with Crippen molar-refractivity contribution in [2.75, 3.05) is 102 Å². The Morgan fingerprint density at radius 1 is 0.725 bits per heavy atom. The highest BCUT2D eigenvalue weighted by Gasteiger charge is 2.54. The second kappa shape index (κ2) is 39.0. The number of hydrogen-bond acceptors (Lipinski definition) is 15. The number of benzene rings is 2. The molecule has 1 spiro atoms. The number of methoxy groups -OCH3 is 1. The monoisotopic (exact) mass is 1550 g/mol. The van der Waals surface area contributed by atoms with Crippen LogP contribution in [0.15, 0.2) is 48.6 Å². The molecule has 2 aromatic carbocycles. The lowest BCUT2D eigenvalue weighted by molar-refractivity contribution is -0.158. The summed E-state index contributed by atoms with van der Waals surface area (Å²) in [5.41, 5.74) is -5.23. The molecule has 3 aliphatic heterocycles. The highest BCUT2D eigenvalue weighted by atomic mass is 19.4. The zero-order valence-corrected chi connectivity index (χ0v) is 64.7. The number of aryl methyl sites for hydroxylation is 1. The summed E-state index contributed by atoms with van der Waals surface area (Å²) in [6.45, 7) is 8.27. The molecule has 2 aromatic rings. The fourth-order valence-electron chi connectivity index (χ4n) is 14.7. The minimum absolute atomic E-state index is 0.00143. The van der Waals surface area contributed by atoms with Gasteiger partial charge >= 0.3 is 12.4 Å². The van der Waals surface area contributed by atoms with Gasteiger partial charge in [0.05, 0.1) is 49.9 Å². The first-order chi connectivity index (χ1) is 51.2. The van der Waals surface area contributed by atoms with E-state index in [0.717, 1.165) is 53.7 Å². The molecule has 26 nitrogen and oxygen atoms in total. The maximum Gasteiger partial charge on any atom is 0.422 e. The number of hydrogen-bond donors (Lipinski definition) is 4. The van der Waals surface area contributed by atoms with Crippen molar-refractivity contribution in [3.8, 4) is 0 Å². The summed E-state index contributed by atoms with van der Waals surface area (Å²) >= 11 is 0. The second-order valence-electron chi connectivity index (χ2n) is 29.0. The molecule has 109 heavy (non-hydrogen) atoms. The van der Waals surface area contributed by atoms with Gasteiger partial charge in [-0.25, -0.2) is 8.78 Å². The van der Waals surface area contributed by atoms with Gasteiger partial charge in [0.1, 0.15) is 65.2 Å². The number of alkyl halides is 6. The molecule has 3 fully saturated rings. The number of aliphatic hydroxyl groups is 1. The van der Waals surface area contributed by atoms with Crippen molar-refractivity contribution < 1.29 is 102 Å². The van der Waals surface area contributed by atoms with E-state index in [9.17, 15) is 60.2 Å². The van der Waals surface area contributed by atoms with E-state index in [-0.39, 0.29) is 76.9 Å². The highest BCUT2D eigenvalue weighted by molar-refractivity contribution is 6.00. The molecular formula is C75H108F8N12O14. The summed E-state index contributed by atoms with van der Waals surface area (Å²) < 4.78 is 125.